The Balaban J connectivity index is 2.04. The fourth-order valence-electron chi connectivity index (χ4n) is 2.69. The quantitative estimate of drug-likeness (QED) is 0.659. The largest absolute Gasteiger partial charge is 0.326 e. The van der Waals surface area contributed by atoms with E-state index >= 15 is 0 Å². The average Bonchev–Trinajstić information content (AvgIpc) is 2.60. The van der Waals surface area contributed by atoms with E-state index in [4.69, 9.17) is 23.2 Å². The molecule has 0 saturated carbocycles. The number of amides is 1. The van der Waals surface area contributed by atoms with E-state index in [2.05, 4.69) is 5.32 Å². The summed E-state index contributed by atoms with van der Waals surface area (Å²) >= 11 is 12.1. The molecular formula is C19H22Cl2N2O3S. The maximum atomic E-state index is 12.2. The number of rotatable bonds is 8. The summed E-state index contributed by atoms with van der Waals surface area (Å²) < 4.78 is 25.5. The van der Waals surface area contributed by atoms with Crippen LogP contribution in [0.4, 0.5) is 11.4 Å². The molecule has 0 aliphatic carbocycles. The number of benzene rings is 2. The monoisotopic (exact) mass is 428 g/mol. The van der Waals surface area contributed by atoms with Gasteiger partial charge in [-0.05, 0) is 42.7 Å². The van der Waals surface area contributed by atoms with Crippen molar-refractivity contribution in [1.82, 2.24) is 0 Å². The molecule has 2 aromatic carbocycles. The van der Waals surface area contributed by atoms with Gasteiger partial charge in [0.25, 0.3) is 0 Å². The topological polar surface area (TPSA) is 66.5 Å². The zero-order chi connectivity index (χ0) is 20.0. The number of hydrogen-bond donors (Lipinski definition) is 1. The summed E-state index contributed by atoms with van der Waals surface area (Å²) in [5.41, 5.74) is 2.14. The summed E-state index contributed by atoms with van der Waals surface area (Å²) in [7, 11) is -3.57. The molecule has 0 aliphatic heterocycles. The first-order valence-electron chi connectivity index (χ1n) is 8.53. The minimum atomic E-state index is -3.57. The molecule has 0 radical (unpaired) electrons. The van der Waals surface area contributed by atoms with Gasteiger partial charge in [0.2, 0.25) is 15.9 Å². The first-order valence-corrected chi connectivity index (χ1v) is 11.1. The van der Waals surface area contributed by atoms with Crippen LogP contribution in [0, 0.1) is 0 Å². The minimum Gasteiger partial charge on any atom is -0.326 e. The first-order chi connectivity index (χ1) is 12.7. The second kappa shape index (κ2) is 9.44. The molecular weight excluding hydrogens is 407 g/mol. The van der Waals surface area contributed by atoms with E-state index in [1.807, 2.05) is 31.2 Å². The van der Waals surface area contributed by atoms with Crippen LogP contribution >= 0.6 is 23.2 Å². The fourth-order valence-corrected chi connectivity index (χ4v) is 4.09. The number of nitrogens with one attached hydrogen (secondary N) is 1. The van der Waals surface area contributed by atoms with Gasteiger partial charge < -0.3 is 5.32 Å². The predicted octanol–water partition coefficient (Wildman–Crippen LogP) is 4.74. The summed E-state index contributed by atoms with van der Waals surface area (Å²) in [6.07, 6.45) is 2.44. The first kappa shape index (κ1) is 21.5. The SMILES string of the molecule is CCc1ccccc1NC(=O)CCCN(c1cc(Cl)ccc1Cl)S(C)(=O)=O. The zero-order valence-corrected chi connectivity index (χ0v) is 17.5. The van der Waals surface area contributed by atoms with Gasteiger partial charge in [-0.1, -0.05) is 48.3 Å². The van der Waals surface area contributed by atoms with Gasteiger partial charge in [-0.3, -0.25) is 9.10 Å². The Morgan fingerprint density at radius 2 is 1.85 bits per heavy atom. The lowest BCUT2D eigenvalue weighted by atomic mass is 10.1. The Kier molecular flexibility index (Phi) is 7.53. The lowest BCUT2D eigenvalue weighted by Gasteiger charge is -2.23. The van der Waals surface area contributed by atoms with Crippen molar-refractivity contribution in [3.05, 3.63) is 58.1 Å². The van der Waals surface area contributed by atoms with E-state index in [0.717, 1.165) is 23.9 Å². The van der Waals surface area contributed by atoms with Crippen LogP contribution in [0.3, 0.4) is 0 Å². The molecule has 0 saturated heterocycles. The molecule has 1 N–H and O–H groups in total. The smallest absolute Gasteiger partial charge is 0.232 e. The van der Waals surface area contributed by atoms with Gasteiger partial charge in [0.05, 0.1) is 17.0 Å². The maximum Gasteiger partial charge on any atom is 0.232 e. The average molecular weight is 429 g/mol. The molecule has 2 aromatic rings. The molecule has 0 atom stereocenters. The molecule has 0 aromatic heterocycles. The summed E-state index contributed by atoms with van der Waals surface area (Å²) in [6, 6.07) is 12.2. The molecule has 27 heavy (non-hydrogen) atoms. The van der Waals surface area contributed by atoms with E-state index < -0.39 is 10.0 Å². The Morgan fingerprint density at radius 1 is 1.15 bits per heavy atom. The van der Waals surface area contributed by atoms with Crippen LogP contribution in [-0.2, 0) is 21.2 Å². The summed E-state index contributed by atoms with van der Waals surface area (Å²) in [6.45, 7) is 2.14. The number of halogens is 2. The molecule has 0 aliphatic rings. The van der Waals surface area contributed by atoms with Gasteiger partial charge in [-0.2, -0.15) is 0 Å². The highest BCUT2D eigenvalue weighted by Gasteiger charge is 2.20. The van der Waals surface area contributed by atoms with Gasteiger partial charge >= 0.3 is 0 Å². The van der Waals surface area contributed by atoms with E-state index in [1.54, 1.807) is 12.1 Å². The lowest BCUT2D eigenvalue weighted by molar-refractivity contribution is -0.116. The van der Waals surface area contributed by atoms with Crippen LogP contribution in [0.25, 0.3) is 0 Å². The van der Waals surface area contributed by atoms with Crippen molar-refractivity contribution in [3.8, 4) is 0 Å². The van der Waals surface area contributed by atoms with Crippen LogP contribution in [0.1, 0.15) is 25.3 Å². The third-order valence-corrected chi connectivity index (χ3v) is 5.75. The Labute approximate surface area is 170 Å². The second-order valence-corrected chi connectivity index (χ2v) is 8.84. The number of nitrogens with zero attached hydrogens (tertiary/aromatic N) is 1. The van der Waals surface area contributed by atoms with Crippen molar-refractivity contribution < 1.29 is 13.2 Å². The highest BCUT2D eigenvalue weighted by Crippen LogP contribution is 2.31. The van der Waals surface area contributed by atoms with E-state index in [9.17, 15) is 13.2 Å². The van der Waals surface area contributed by atoms with Gasteiger partial charge in [-0.15, -0.1) is 0 Å². The molecule has 8 heteroatoms. The standard InChI is InChI=1S/C19H22Cl2N2O3S/c1-3-14-7-4-5-8-17(14)22-19(24)9-6-12-23(27(2,25)26)18-13-15(20)10-11-16(18)21/h4-5,7-8,10-11,13H,3,6,9,12H2,1-2H3,(H,22,24). The number of aryl methyl sites for hydroxylation is 1. The van der Waals surface area contributed by atoms with Crippen molar-refractivity contribution in [2.24, 2.45) is 0 Å². The van der Waals surface area contributed by atoms with E-state index in [1.165, 1.54) is 10.4 Å². The van der Waals surface area contributed by atoms with Crippen LogP contribution in [-0.4, -0.2) is 27.1 Å². The maximum absolute atomic E-state index is 12.2. The normalized spacial score (nSPS) is 11.3. The highest BCUT2D eigenvalue weighted by atomic mass is 35.5. The van der Waals surface area contributed by atoms with Crippen molar-refractivity contribution in [2.45, 2.75) is 26.2 Å². The van der Waals surface area contributed by atoms with Crippen molar-refractivity contribution in [1.29, 1.82) is 0 Å². The lowest BCUT2D eigenvalue weighted by Crippen LogP contribution is -2.31. The Morgan fingerprint density at radius 3 is 2.52 bits per heavy atom. The van der Waals surface area contributed by atoms with Gasteiger partial charge in [-0.25, -0.2) is 8.42 Å². The number of anilines is 2. The number of hydrogen-bond acceptors (Lipinski definition) is 3. The molecule has 0 fully saturated rings. The number of carbonyl (C=O) groups excluding carboxylic acids is 1. The molecule has 0 spiro atoms. The van der Waals surface area contributed by atoms with Crippen LogP contribution in [0.2, 0.25) is 10.0 Å². The molecule has 1 amide bonds. The van der Waals surface area contributed by atoms with Crippen LogP contribution in [0.5, 0.6) is 0 Å². The van der Waals surface area contributed by atoms with Crippen LogP contribution in [0.15, 0.2) is 42.5 Å². The molecule has 0 unspecified atom stereocenters. The second-order valence-electron chi connectivity index (χ2n) is 6.09. The van der Waals surface area contributed by atoms with Crippen molar-refractivity contribution in [2.75, 3.05) is 22.4 Å². The van der Waals surface area contributed by atoms with E-state index in [-0.39, 0.29) is 23.9 Å². The Hall–Kier alpha value is -1.76. The van der Waals surface area contributed by atoms with Crippen LogP contribution < -0.4 is 9.62 Å². The zero-order valence-electron chi connectivity index (χ0n) is 15.2. The van der Waals surface area contributed by atoms with Gasteiger partial charge in [0.1, 0.15) is 0 Å². The van der Waals surface area contributed by atoms with Crippen molar-refractivity contribution >= 4 is 50.5 Å². The summed E-state index contributed by atoms with van der Waals surface area (Å²) in [5, 5.41) is 3.55. The summed E-state index contributed by atoms with van der Waals surface area (Å²) in [4.78, 5) is 12.2. The molecule has 146 valence electrons. The number of sulfonamides is 1. The number of para-hydroxylation sites is 1. The Bertz CT molecular complexity index is 917. The minimum absolute atomic E-state index is 0.127. The summed E-state index contributed by atoms with van der Waals surface area (Å²) in [5.74, 6) is -0.165. The predicted molar refractivity (Wildman–Crippen MR) is 112 cm³/mol. The molecule has 0 bridgehead atoms. The molecule has 5 nitrogen and oxygen atoms in total. The third kappa shape index (κ3) is 6.13. The van der Waals surface area contributed by atoms with Gasteiger partial charge in [0.15, 0.2) is 0 Å². The number of carbonyl (C=O) groups is 1. The third-order valence-electron chi connectivity index (χ3n) is 4.01. The van der Waals surface area contributed by atoms with Gasteiger partial charge in [0, 0.05) is 23.7 Å². The van der Waals surface area contributed by atoms with Crippen molar-refractivity contribution in [3.63, 3.8) is 0 Å². The molecule has 0 heterocycles. The van der Waals surface area contributed by atoms with E-state index in [0.29, 0.717) is 17.1 Å². The highest BCUT2D eigenvalue weighted by molar-refractivity contribution is 7.92. The molecule has 2 rings (SSSR count). The fraction of sp³-hybridized carbons (Fsp3) is 0.316.